The Morgan fingerprint density at radius 3 is 2.36 bits per heavy atom. The van der Waals surface area contributed by atoms with Crippen molar-refractivity contribution in [1.29, 1.82) is 0 Å². The monoisotopic (exact) mass is 503 g/mol. The van der Waals surface area contributed by atoms with Crippen molar-refractivity contribution >= 4 is 39.2 Å². The zero-order valence-corrected chi connectivity index (χ0v) is 21.1. The highest BCUT2D eigenvalue weighted by Crippen LogP contribution is 2.49. The van der Waals surface area contributed by atoms with Crippen molar-refractivity contribution in [3.63, 3.8) is 0 Å². The zero-order valence-electron chi connectivity index (χ0n) is 20.3. The minimum absolute atomic E-state index is 0.00324. The van der Waals surface area contributed by atoms with E-state index in [1.807, 2.05) is 51.1 Å². The molecule has 0 amide bonds. The third kappa shape index (κ3) is 5.72. The van der Waals surface area contributed by atoms with Gasteiger partial charge in [-0.15, -0.1) is 11.3 Å². The first-order valence-corrected chi connectivity index (χ1v) is 12.0. The number of nitrogens with zero attached hydrogens (tertiary/aromatic N) is 1. The molecule has 184 valence electrons. The van der Waals surface area contributed by atoms with Gasteiger partial charge in [0.15, 0.2) is 5.75 Å². The number of carbonyl (C=O) groups excluding carboxylic acids is 1. The first kappa shape index (κ1) is 24.9. The van der Waals surface area contributed by atoms with Crippen LogP contribution in [0.5, 0.6) is 17.2 Å². The molecule has 0 radical (unpaired) electrons. The fraction of sp³-hybridized carbons (Fsp3) is 0.179. The van der Waals surface area contributed by atoms with Gasteiger partial charge in [0.05, 0.1) is 22.5 Å². The number of benzene rings is 3. The minimum atomic E-state index is -0.558. The van der Waals surface area contributed by atoms with E-state index in [-0.39, 0.29) is 5.69 Å². The minimum Gasteiger partial charge on any atom is -0.497 e. The van der Waals surface area contributed by atoms with Crippen LogP contribution in [0.25, 0.3) is 26.6 Å². The Kier molecular flexibility index (Phi) is 7.07. The number of fused-ring (bicyclic) bond motifs is 1. The van der Waals surface area contributed by atoms with Crippen molar-refractivity contribution in [3.8, 4) is 27.7 Å². The van der Waals surface area contributed by atoms with Crippen LogP contribution in [-0.4, -0.2) is 23.6 Å². The van der Waals surface area contributed by atoms with E-state index < -0.39 is 16.5 Å². The predicted octanol–water partition coefficient (Wildman–Crippen LogP) is 7.63. The van der Waals surface area contributed by atoms with Crippen LogP contribution in [0, 0.1) is 10.1 Å². The summed E-state index contributed by atoms with van der Waals surface area (Å²) >= 11 is 1.40. The molecule has 4 aromatic rings. The van der Waals surface area contributed by atoms with Crippen LogP contribution in [0.2, 0.25) is 0 Å². The summed E-state index contributed by atoms with van der Waals surface area (Å²) in [6.45, 7) is 5.44. The number of nitro benzene ring substituents is 1. The molecule has 4 rings (SSSR count). The maximum Gasteiger partial charge on any atom is 0.331 e. The van der Waals surface area contributed by atoms with Gasteiger partial charge in [0, 0.05) is 22.2 Å². The summed E-state index contributed by atoms with van der Waals surface area (Å²) in [6.07, 6.45) is 3.05. The molecule has 0 saturated heterocycles. The summed E-state index contributed by atoms with van der Waals surface area (Å²) in [6, 6.07) is 19.4. The zero-order chi connectivity index (χ0) is 25.9. The van der Waals surface area contributed by atoms with Crippen LogP contribution in [0.4, 0.5) is 5.69 Å². The van der Waals surface area contributed by atoms with Gasteiger partial charge in [-0.2, -0.15) is 0 Å². The number of rotatable bonds is 7. The van der Waals surface area contributed by atoms with Crippen molar-refractivity contribution in [1.82, 2.24) is 0 Å². The lowest BCUT2D eigenvalue weighted by atomic mass is 10.1. The number of methoxy groups -OCH3 is 1. The smallest absolute Gasteiger partial charge is 0.331 e. The summed E-state index contributed by atoms with van der Waals surface area (Å²) < 4.78 is 17.8. The molecule has 0 bridgehead atoms. The molecule has 0 N–H and O–H groups in total. The van der Waals surface area contributed by atoms with E-state index in [9.17, 15) is 14.9 Å². The van der Waals surface area contributed by atoms with Crippen LogP contribution < -0.4 is 9.47 Å². The molecule has 36 heavy (non-hydrogen) atoms. The van der Waals surface area contributed by atoms with Gasteiger partial charge in [-0.1, -0.05) is 24.3 Å². The summed E-state index contributed by atoms with van der Waals surface area (Å²) in [4.78, 5) is 23.9. The third-order valence-corrected chi connectivity index (χ3v) is 6.28. The SMILES string of the molecule is COc1ccc2c(Oc3ccc(/C=C/C(=O)OC(C)(C)C)cc3)c(-c3ccccc3[N+](=O)[O-])sc2c1. The molecule has 0 atom stereocenters. The number of carbonyl (C=O) groups is 1. The lowest BCUT2D eigenvalue weighted by molar-refractivity contribution is -0.384. The molecule has 1 aromatic heterocycles. The average molecular weight is 504 g/mol. The highest BCUT2D eigenvalue weighted by Gasteiger charge is 2.23. The first-order valence-electron chi connectivity index (χ1n) is 11.2. The Labute approximate surface area is 212 Å². The summed E-state index contributed by atoms with van der Waals surface area (Å²) in [7, 11) is 1.59. The Morgan fingerprint density at radius 2 is 1.69 bits per heavy atom. The van der Waals surface area contributed by atoms with E-state index in [2.05, 4.69) is 0 Å². The highest BCUT2D eigenvalue weighted by atomic mass is 32.1. The Hall–Kier alpha value is -4.17. The predicted molar refractivity (Wildman–Crippen MR) is 142 cm³/mol. The second kappa shape index (κ2) is 10.2. The number of thiophene rings is 1. The van der Waals surface area contributed by atoms with Crippen LogP contribution in [0.3, 0.4) is 0 Å². The molecule has 8 heteroatoms. The van der Waals surface area contributed by atoms with E-state index >= 15 is 0 Å². The van der Waals surface area contributed by atoms with Crippen molar-refractivity contribution in [2.45, 2.75) is 26.4 Å². The summed E-state index contributed by atoms with van der Waals surface area (Å²) in [5, 5.41) is 12.5. The Bertz CT molecular complexity index is 1450. The van der Waals surface area contributed by atoms with Crippen LogP contribution in [0.15, 0.2) is 72.8 Å². The van der Waals surface area contributed by atoms with E-state index in [1.165, 1.54) is 23.5 Å². The van der Waals surface area contributed by atoms with Gasteiger partial charge in [0.2, 0.25) is 0 Å². The van der Waals surface area contributed by atoms with Crippen molar-refractivity contribution in [3.05, 3.63) is 88.5 Å². The van der Waals surface area contributed by atoms with E-state index in [1.54, 1.807) is 43.5 Å². The Balaban J connectivity index is 1.69. The molecule has 0 unspecified atom stereocenters. The Morgan fingerprint density at radius 1 is 1.00 bits per heavy atom. The molecule has 0 aliphatic carbocycles. The maximum absolute atomic E-state index is 11.9. The van der Waals surface area contributed by atoms with Crippen molar-refractivity contribution < 1.29 is 23.9 Å². The van der Waals surface area contributed by atoms with Gasteiger partial charge >= 0.3 is 5.97 Å². The lowest BCUT2D eigenvalue weighted by Gasteiger charge is -2.17. The number of para-hydroxylation sites is 1. The average Bonchev–Trinajstić information content (AvgIpc) is 3.19. The van der Waals surface area contributed by atoms with Gasteiger partial charge < -0.3 is 14.2 Å². The van der Waals surface area contributed by atoms with Gasteiger partial charge in [-0.25, -0.2) is 4.79 Å². The van der Waals surface area contributed by atoms with Gasteiger partial charge in [-0.3, -0.25) is 10.1 Å². The number of nitro groups is 1. The second-order valence-corrected chi connectivity index (χ2v) is 9.99. The van der Waals surface area contributed by atoms with Crippen LogP contribution in [-0.2, 0) is 9.53 Å². The molecule has 0 spiro atoms. The summed E-state index contributed by atoms with van der Waals surface area (Å²) in [5.74, 6) is 1.35. The standard InChI is InChI=1S/C28H25NO6S/c1-28(2,3)35-25(30)16-11-18-9-12-19(13-10-18)34-26-22-15-14-20(33-4)17-24(22)36-27(26)21-7-5-6-8-23(21)29(31)32/h5-17H,1-4H3/b16-11+. The van der Waals surface area contributed by atoms with Crippen LogP contribution >= 0.6 is 11.3 Å². The maximum atomic E-state index is 11.9. The van der Waals surface area contributed by atoms with E-state index in [0.717, 1.165) is 15.6 Å². The van der Waals surface area contributed by atoms with E-state index in [0.29, 0.717) is 27.7 Å². The van der Waals surface area contributed by atoms with E-state index in [4.69, 9.17) is 14.2 Å². The fourth-order valence-corrected chi connectivity index (χ4v) is 4.74. The van der Waals surface area contributed by atoms with Crippen molar-refractivity contribution in [2.24, 2.45) is 0 Å². The van der Waals surface area contributed by atoms with Crippen molar-refractivity contribution in [2.75, 3.05) is 7.11 Å². The molecule has 0 aliphatic rings. The van der Waals surface area contributed by atoms with Crippen LogP contribution in [0.1, 0.15) is 26.3 Å². The number of esters is 1. The lowest BCUT2D eigenvalue weighted by Crippen LogP contribution is -2.22. The van der Waals surface area contributed by atoms with Gasteiger partial charge in [0.1, 0.15) is 17.1 Å². The highest BCUT2D eigenvalue weighted by molar-refractivity contribution is 7.22. The molecule has 0 aliphatic heterocycles. The normalized spacial score (nSPS) is 11.6. The number of hydrogen-bond acceptors (Lipinski definition) is 7. The molecular formula is C28H25NO6S. The third-order valence-electron chi connectivity index (χ3n) is 5.12. The van der Waals surface area contributed by atoms with Gasteiger partial charge in [0.25, 0.3) is 5.69 Å². The second-order valence-electron chi connectivity index (χ2n) is 8.93. The molecule has 1 heterocycles. The fourth-order valence-electron chi connectivity index (χ4n) is 3.55. The van der Waals surface area contributed by atoms with Gasteiger partial charge in [-0.05, 0) is 68.8 Å². The number of hydrogen-bond donors (Lipinski definition) is 0. The molecular weight excluding hydrogens is 478 g/mol. The largest absolute Gasteiger partial charge is 0.497 e. The molecule has 0 fully saturated rings. The molecule has 7 nitrogen and oxygen atoms in total. The number of ether oxygens (including phenoxy) is 3. The molecule has 0 saturated carbocycles. The first-order chi connectivity index (χ1) is 17.1. The molecule has 3 aromatic carbocycles. The quantitative estimate of drug-likeness (QED) is 0.111. The summed E-state index contributed by atoms with van der Waals surface area (Å²) in [5.41, 5.74) is 0.725. The topological polar surface area (TPSA) is 87.9 Å².